The van der Waals surface area contributed by atoms with Crippen LogP contribution in [0.2, 0.25) is 5.02 Å². The maximum Gasteiger partial charge on any atom is 0.232 e. The maximum absolute atomic E-state index is 11.0. The van der Waals surface area contributed by atoms with Gasteiger partial charge in [0.1, 0.15) is 10.8 Å². The van der Waals surface area contributed by atoms with E-state index < -0.39 is 11.3 Å². The molecule has 1 aliphatic rings. The van der Waals surface area contributed by atoms with Gasteiger partial charge in [0.25, 0.3) is 0 Å². The van der Waals surface area contributed by atoms with Gasteiger partial charge in [-0.1, -0.05) is 29.8 Å². The van der Waals surface area contributed by atoms with E-state index in [2.05, 4.69) is 30.2 Å². The second kappa shape index (κ2) is 11.6. The van der Waals surface area contributed by atoms with Crippen LogP contribution >= 0.6 is 11.6 Å². The third-order valence-corrected chi connectivity index (χ3v) is 6.40. The molecule has 1 aliphatic heterocycles. The van der Waals surface area contributed by atoms with Gasteiger partial charge < -0.3 is 26.0 Å². The van der Waals surface area contributed by atoms with Gasteiger partial charge in [-0.2, -0.15) is 4.98 Å². The van der Waals surface area contributed by atoms with E-state index in [1.807, 2.05) is 42.5 Å². The molecule has 1 atom stereocenters. The van der Waals surface area contributed by atoms with E-state index >= 15 is 0 Å². The van der Waals surface area contributed by atoms with Crippen LogP contribution in [-0.4, -0.2) is 45.0 Å². The highest BCUT2D eigenvalue weighted by Gasteiger charge is 2.18. The fraction of sp³-hybridized carbons (Fsp3) is 0.304. The van der Waals surface area contributed by atoms with Crippen molar-refractivity contribution in [3.8, 4) is 5.75 Å². The Morgan fingerprint density at radius 2 is 1.97 bits per heavy atom. The molecular weight excluding hydrogens is 490 g/mol. The number of halogens is 1. The predicted octanol–water partition coefficient (Wildman–Crippen LogP) is 3.78. The molecule has 3 aromatic rings. The number of aromatic nitrogens is 2. The van der Waals surface area contributed by atoms with Gasteiger partial charge in [-0.05, 0) is 36.6 Å². The minimum Gasteiger partial charge on any atom is -0.494 e. The van der Waals surface area contributed by atoms with Crippen LogP contribution in [0.5, 0.6) is 5.75 Å². The Labute approximate surface area is 211 Å². The summed E-state index contributed by atoms with van der Waals surface area (Å²) in [6.45, 7) is 2.02. The van der Waals surface area contributed by atoms with Gasteiger partial charge in [0.05, 0.1) is 19.0 Å². The Bertz CT molecular complexity index is 1190. The van der Waals surface area contributed by atoms with Crippen molar-refractivity contribution >= 4 is 51.7 Å². The number of hydrogen-bond donors (Lipinski definition) is 5. The quantitative estimate of drug-likeness (QED) is 0.268. The summed E-state index contributed by atoms with van der Waals surface area (Å²) in [5.41, 5.74) is 9.29. The Hall–Kier alpha value is -2.96. The summed E-state index contributed by atoms with van der Waals surface area (Å²) in [6.07, 6.45) is 3.43. The number of rotatable bonds is 9. The van der Waals surface area contributed by atoms with Crippen LogP contribution < -0.4 is 30.7 Å². The Balaban J connectivity index is 1.52. The average molecular weight is 518 g/mol. The summed E-state index contributed by atoms with van der Waals surface area (Å²) in [6, 6.07) is 13.6. The molecule has 186 valence electrons. The minimum absolute atomic E-state index is 0.187. The van der Waals surface area contributed by atoms with E-state index in [9.17, 15) is 4.21 Å². The second-order valence-corrected chi connectivity index (χ2v) is 9.27. The largest absolute Gasteiger partial charge is 0.494 e. The van der Waals surface area contributed by atoms with Crippen LogP contribution in [0.15, 0.2) is 48.7 Å². The highest BCUT2D eigenvalue weighted by Crippen LogP contribution is 2.33. The van der Waals surface area contributed by atoms with Gasteiger partial charge in [0.2, 0.25) is 17.2 Å². The molecule has 0 bridgehead atoms. The van der Waals surface area contributed by atoms with Crippen LogP contribution in [0.25, 0.3) is 0 Å². The number of methoxy groups -OCH3 is 1. The molecule has 12 heteroatoms. The first-order chi connectivity index (χ1) is 16.9. The van der Waals surface area contributed by atoms with Crippen LogP contribution in [0.4, 0.5) is 28.8 Å². The number of benzene rings is 2. The molecule has 35 heavy (non-hydrogen) atoms. The number of para-hydroxylation sites is 1. The minimum atomic E-state index is -2.12. The van der Waals surface area contributed by atoms with Crippen LogP contribution in [0.3, 0.4) is 0 Å². The monoisotopic (exact) mass is 517 g/mol. The fourth-order valence-electron chi connectivity index (χ4n) is 3.84. The zero-order chi connectivity index (χ0) is 24.8. The number of hydrogen-bond acceptors (Lipinski definition) is 8. The van der Waals surface area contributed by atoms with Crippen LogP contribution in [0.1, 0.15) is 18.4 Å². The van der Waals surface area contributed by atoms with Crippen LogP contribution in [0, 0.1) is 0 Å². The van der Waals surface area contributed by atoms with Crippen molar-refractivity contribution in [2.24, 2.45) is 5.73 Å². The average Bonchev–Trinajstić information content (AvgIpc) is 2.86. The molecule has 10 nitrogen and oxygen atoms in total. The number of nitrogens with one attached hydrogen (secondary N) is 3. The number of anilines is 5. The van der Waals surface area contributed by atoms with Gasteiger partial charge in [0.15, 0.2) is 5.82 Å². The second-order valence-electron chi connectivity index (χ2n) is 8.08. The lowest BCUT2D eigenvalue weighted by Gasteiger charge is -2.32. The lowest BCUT2D eigenvalue weighted by Crippen LogP contribution is -2.39. The highest BCUT2D eigenvalue weighted by molar-refractivity contribution is 7.77. The molecule has 1 unspecified atom stereocenters. The molecular formula is C23H28ClN7O3S. The number of ether oxygens (including phenoxy) is 1. The van der Waals surface area contributed by atoms with Gasteiger partial charge in [-0.3, -0.25) is 4.55 Å². The molecule has 2 heterocycles. The summed E-state index contributed by atoms with van der Waals surface area (Å²) < 4.78 is 28.1. The highest BCUT2D eigenvalue weighted by atomic mass is 35.5. The first-order valence-corrected chi connectivity index (χ1v) is 12.6. The zero-order valence-electron chi connectivity index (χ0n) is 19.2. The van der Waals surface area contributed by atoms with E-state index in [-0.39, 0.29) is 12.6 Å². The lowest BCUT2D eigenvalue weighted by molar-refractivity contribution is 0.416. The van der Waals surface area contributed by atoms with Crippen molar-refractivity contribution in [3.63, 3.8) is 0 Å². The molecule has 0 aliphatic carbocycles. The van der Waals surface area contributed by atoms with E-state index in [1.165, 1.54) is 6.20 Å². The molecule has 0 amide bonds. The summed E-state index contributed by atoms with van der Waals surface area (Å²) in [5, 5.41) is 6.71. The fourth-order valence-corrected chi connectivity index (χ4v) is 4.25. The summed E-state index contributed by atoms with van der Waals surface area (Å²) in [5.74, 6) is 1.39. The lowest BCUT2D eigenvalue weighted by atomic mass is 10.1. The first-order valence-electron chi connectivity index (χ1n) is 11.1. The van der Waals surface area contributed by atoms with Crippen molar-refractivity contribution in [3.05, 3.63) is 59.2 Å². The number of nitrogens with two attached hydrogens (primary N) is 1. The molecule has 6 N–H and O–H groups in total. The number of nitrogens with zero attached hydrogens (tertiary/aromatic N) is 3. The van der Waals surface area contributed by atoms with Gasteiger partial charge in [-0.25, -0.2) is 13.9 Å². The summed E-state index contributed by atoms with van der Waals surface area (Å²) in [7, 11) is 1.62. The topological polar surface area (TPSA) is 138 Å². The summed E-state index contributed by atoms with van der Waals surface area (Å²) >= 11 is 4.23. The van der Waals surface area contributed by atoms with Gasteiger partial charge in [0, 0.05) is 43.1 Å². The van der Waals surface area contributed by atoms with Crippen molar-refractivity contribution in [1.29, 1.82) is 0 Å². The normalized spacial score (nSPS) is 15.0. The van der Waals surface area contributed by atoms with Crippen LogP contribution in [-0.2, 0) is 17.8 Å². The molecule has 1 aromatic heterocycles. The van der Waals surface area contributed by atoms with E-state index in [4.69, 9.17) is 26.6 Å². The van der Waals surface area contributed by atoms with Gasteiger partial charge in [-0.15, -0.1) is 0 Å². The molecule has 1 fully saturated rings. The SMILES string of the molecule is COc1cc(N2CCC(N)CC2)ccc1Nc1ncc(Cl)c(Nc2ccccc2CNS(=O)O)n1. The molecule has 0 radical (unpaired) electrons. The van der Waals surface area contributed by atoms with Crippen molar-refractivity contribution in [2.45, 2.75) is 25.4 Å². The first kappa shape index (κ1) is 25.1. The van der Waals surface area contributed by atoms with Gasteiger partial charge >= 0.3 is 0 Å². The Morgan fingerprint density at radius 3 is 2.71 bits per heavy atom. The number of piperidine rings is 1. The third kappa shape index (κ3) is 6.59. The Morgan fingerprint density at radius 1 is 1.20 bits per heavy atom. The third-order valence-electron chi connectivity index (χ3n) is 5.74. The molecule has 2 aromatic carbocycles. The smallest absolute Gasteiger partial charge is 0.232 e. The van der Waals surface area contributed by atoms with E-state index in [0.29, 0.717) is 33.9 Å². The molecule has 0 spiro atoms. The van der Waals surface area contributed by atoms with Crippen molar-refractivity contribution < 1.29 is 13.5 Å². The Kier molecular flexibility index (Phi) is 8.37. The van der Waals surface area contributed by atoms with E-state index in [1.54, 1.807) is 7.11 Å². The van der Waals surface area contributed by atoms with Crippen molar-refractivity contribution in [2.75, 3.05) is 35.7 Å². The zero-order valence-corrected chi connectivity index (χ0v) is 20.8. The molecule has 4 rings (SSSR count). The summed E-state index contributed by atoms with van der Waals surface area (Å²) in [4.78, 5) is 11.1. The standard InChI is InChI=1S/C23H28ClN7O3S/c1-34-21-12-17(31-10-8-16(25)9-11-31)6-7-20(21)29-23-26-14-18(24)22(30-23)28-19-5-3-2-4-15(19)13-27-35(32)33/h2-7,12,14,16,27H,8-11,13,25H2,1H3,(H,32,33)(H2,26,28,29,30). The molecule has 1 saturated heterocycles. The predicted molar refractivity (Wildman–Crippen MR) is 140 cm³/mol. The maximum atomic E-state index is 11.0. The van der Waals surface area contributed by atoms with Crippen molar-refractivity contribution in [1.82, 2.24) is 14.7 Å². The van der Waals surface area contributed by atoms with E-state index in [0.717, 1.165) is 37.2 Å². The molecule has 0 saturated carbocycles.